The van der Waals surface area contributed by atoms with Gasteiger partial charge in [-0.05, 0) is 31.5 Å². The van der Waals surface area contributed by atoms with E-state index in [1.165, 1.54) is 0 Å². The van der Waals surface area contributed by atoms with Crippen molar-refractivity contribution in [3.63, 3.8) is 0 Å². The third kappa shape index (κ3) is 6.25. The Morgan fingerprint density at radius 2 is 2.05 bits per heavy atom. The number of amides is 1. The molecule has 106 valence electrons. The summed E-state index contributed by atoms with van der Waals surface area (Å²) < 4.78 is 5.46. The molecule has 19 heavy (non-hydrogen) atoms. The zero-order valence-corrected chi connectivity index (χ0v) is 12.0. The van der Waals surface area contributed by atoms with Crippen molar-refractivity contribution in [2.75, 3.05) is 25.0 Å². The highest BCUT2D eigenvalue weighted by atomic mass is 16.5. The van der Waals surface area contributed by atoms with Gasteiger partial charge in [0.25, 0.3) is 0 Å². The molecule has 0 bridgehead atoms. The van der Waals surface area contributed by atoms with Crippen molar-refractivity contribution in [2.45, 2.75) is 27.2 Å². The second-order valence-electron chi connectivity index (χ2n) is 4.83. The maximum absolute atomic E-state index is 11.8. The highest BCUT2D eigenvalue weighted by molar-refractivity contribution is 5.92. The van der Waals surface area contributed by atoms with Gasteiger partial charge in [0.2, 0.25) is 5.91 Å². The molecule has 1 amide bonds. The van der Waals surface area contributed by atoms with Crippen molar-refractivity contribution < 1.29 is 9.53 Å². The molecule has 0 unspecified atom stereocenters. The molecule has 0 aliphatic carbocycles. The van der Waals surface area contributed by atoms with Gasteiger partial charge in [-0.25, -0.2) is 0 Å². The van der Waals surface area contributed by atoms with Gasteiger partial charge < -0.3 is 15.4 Å². The molecular weight excluding hydrogens is 240 g/mol. The number of hydrogen-bond acceptors (Lipinski definition) is 3. The normalized spacial score (nSPS) is 10.5. The quantitative estimate of drug-likeness (QED) is 0.710. The number of para-hydroxylation sites is 2. The molecule has 2 N–H and O–H groups in total. The zero-order chi connectivity index (χ0) is 14.1. The molecule has 1 aromatic carbocycles. The first-order valence-electron chi connectivity index (χ1n) is 6.85. The van der Waals surface area contributed by atoms with Gasteiger partial charge >= 0.3 is 0 Å². The predicted octanol–water partition coefficient (Wildman–Crippen LogP) is 2.66. The molecule has 0 aromatic heterocycles. The maximum atomic E-state index is 11.8. The molecule has 0 heterocycles. The Balaban J connectivity index is 2.39. The van der Waals surface area contributed by atoms with E-state index >= 15 is 0 Å². The van der Waals surface area contributed by atoms with Gasteiger partial charge in [-0.1, -0.05) is 26.0 Å². The zero-order valence-electron chi connectivity index (χ0n) is 12.0. The Hall–Kier alpha value is -1.55. The van der Waals surface area contributed by atoms with Crippen LogP contribution >= 0.6 is 0 Å². The standard InChI is InChI=1S/C15H24N2O2/c1-4-19-14-8-6-5-7-13(14)17-15(18)9-10-16-11-12(2)3/h5-8,12,16H,4,9-11H2,1-3H3,(H,17,18). The lowest BCUT2D eigenvalue weighted by Gasteiger charge is -2.11. The first-order chi connectivity index (χ1) is 9.13. The molecular formula is C15H24N2O2. The van der Waals surface area contributed by atoms with Gasteiger partial charge in [-0.15, -0.1) is 0 Å². The number of benzene rings is 1. The van der Waals surface area contributed by atoms with E-state index < -0.39 is 0 Å². The average molecular weight is 264 g/mol. The number of ether oxygens (including phenoxy) is 1. The number of hydrogen-bond donors (Lipinski definition) is 2. The topological polar surface area (TPSA) is 50.4 Å². The van der Waals surface area contributed by atoms with Crippen LogP contribution in [0.15, 0.2) is 24.3 Å². The Morgan fingerprint density at radius 3 is 2.74 bits per heavy atom. The Bertz CT molecular complexity index is 391. The summed E-state index contributed by atoms with van der Waals surface area (Å²) in [4.78, 5) is 11.8. The summed E-state index contributed by atoms with van der Waals surface area (Å²) in [7, 11) is 0. The molecule has 0 spiro atoms. The Kier molecular flexibility index (Phi) is 6.97. The summed E-state index contributed by atoms with van der Waals surface area (Å²) in [5.41, 5.74) is 0.734. The van der Waals surface area contributed by atoms with Gasteiger partial charge in [-0.2, -0.15) is 0 Å². The summed E-state index contributed by atoms with van der Waals surface area (Å²) in [6.07, 6.45) is 0.465. The van der Waals surface area contributed by atoms with Crippen LogP contribution in [0, 0.1) is 5.92 Å². The first kappa shape index (κ1) is 15.5. The summed E-state index contributed by atoms with van der Waals surface area (Å²) in [5, 5.41) is 6.13. The highest BCUT2D eigenvalue weighted by Gasteiger charge is 2.06. The summed E-state index contributed by atoms with van der Waals surface area (Å²) in [6.45, 7) is 8.43. The summed E-state index contributed by atoms with van der Waals surface area (Å²) in [6, 6.07) is 7.49. The van der Waals surface area contributed by atoms with E-state index in [4.69, 9.17) is 4.74 Å². The SMILES string of the molecule is CCOc1ccccc1NC(=O)CCNCC(C)C. The number of carbonyl (C=O) groups excluding carboxylic acids is 1. The lowest BCUT2D eigenvalue weighted by molar-refractivity contribution is -0.116. The molecule has 4 nitrogen and oxygen atoms in total. The van der Waals surface area contributed by atoms with Crippen LogP contribution in [0.5, 0.6) is 5.75 Å². The van der Waals surface area contributed by atoms with Gasteiger partial charge in [0.15, 0.2) is 0 Å². The fraction of sp³-hybridized carbons (Fsp3) is 0.533. The van der Waals surface area contributed by atoms with Crippen LogP contribution in [0.25, 0.3) is 0 Å². The maximum Gasteiger partial charge on any atom is 0.225 e. The average Bonchev–Trinajstić information content (AvgIpc) is 2.37. The first-order valence-corrected chi connectivity index (χ1v) is 6.85. The monoisotopic (exact) mass is 264 g/mol. The minimum absolute atomic E-state index is 0.00316. The van der Waals surface area contributed by atoms with E-state index in [1.54, 1.807) is 0 Å². The van der Waals surface area contributed by atoms with E-state index in [-0.39, 0.29) is 5.91 Å². The molecule has 0 saturated heterocycles. The molecule has 0 aliphatic rings. The molecule has 0 aliphatic heterocycles. The van der Waals surface area contributed by atoms with Gasteiger partial charge in [0, 0.05) is 13.0 Å². The van der Waals surface area contributed by atoms with Crippen LogP contribution in [0.1, 0.15) is 27.2 Å². The van der Waals surface area contributed by atoms with Gasteiger partial charge in [0.05, 0.1) is 12.3 Å². The Labute approximate surface area is 115 Å². The largest absolute Gasteiger partial charge is 0.492 e. The number of anilines is 1. The molecule has 0 saturated carbocycles. The van der Waals surface area contributed by atoms with Crippen LogP contribution in [0.4, 0.5) is 5.69 Å². The molecule has 4 heteroatoms. The third-order valence-electron chi connectivity index (χ3n) is 2.54. The number of carbonyl (C=O) groups is 1. The van der Waals surface area contributed by atoms with E-state index in [1.807, 2.05) is 31.2 Å². The fourth-order valence-electron chi connectivity index (χ4n) is 1.66. The lowest BCUT2D eigenvalue weighted by atomic mass is 10.2. The van der Waals surface area contributed by atoms with Crippen LogP contribution in [-0.2, 0) is 4.79 Å². The summed E-state index contributed by atoms with van der Waals surface area (Å²) >= 11 is 0. The van der Waals surface area contributed by atoms with Gasteiger partial charge in [0.1, 0.15) is 5.75 Å². The minimum atomic E-state index is 0.00316. The van der Waals surface area contributed by atoms with Crippen LogP contribution in [0.2, 0.25) is 0 Å². The van der Waals surface area contributed by atoms with E-state index in [2.05, 4.69) is 24.5 Å². The predicted molar refractivity (Wildman–Crippen MR) is 78.6 cm³/mol. The minimum Gasteiger partial charge on any atom is -0.492 e. The Morgan fingerprint density at radius 1 is 1.32 bits per heavy atom. The van der Waals surface area contributed by atoms with Crippen molar-refractivity contribution in [2.24, 2.45) is 5.92 Å². The second kappa shape index (κ2) is 8.53. The van der Waals surface area contributed by atoms with Crippen LogP contribution < -0.4 is 15.4 Å². The van der Waals surface area contributed by atoms with E-state index in [0.29, 0.717) is 31.2 Å². The van der Waals surface area contributed by atoms with Crippen molar-refractivity contribution in [1.29, 1.82) is 0 Å². The van der Waals surface area contributed by atoms with E-state index in [0.717, 1.165) is 12.2 Å². The van der Waals surface area contributed by atoms with Crippen LogP contribution in [-0.4, -0.2) is 25.6 Å². The third-order valence-corrected chi connectivity index (χ3v) is 2.54. The number of rotatable bonds is 8. The summed E-state index contributed by atoms with van der Waals surface area (Å²) in [5.74, 6) is 1.32. The lowest BCUT2D eigenvalue weighted by Crippen LogP contribution is -2.25. The fourth-order valence-corrected chi connectivity index (χ4v) is 1.66. The number of nitrogens with one attached hydrogen (secondary N) is 2. The molecule has 0 atom stereocenters. The van der Waals surface area contributed by atoms with Gasteiger partial charge in [-0.3, -0.25) is 4.79 Å². The van der Waals surface area contributed by atoms with Crippen molar-refractivity contribution in [1.82, 2.24) is 5.32 Å². The molecule has 0 fully saturated rings. The second-order valence-corrected chi connectivity index (χ2v) is 4.83. The smallest absolute Gasteiger partial charge is 0.225 e. The van der Waals surface area contributed by atoms with E-state index in [9.17, 15) is 4.79 Å². The highest BCUT2D eigenvalue weighted by Crippen LogP contribution is 2.23. The van der Waals surface area contributed by atoms with Crippen molar-refractivity contribution >= 4 is 11.6 Å². The van der Waals surface area contributed by atoms with Crippen LogP contribution in [0.3, 0.4) is 0 Å². The van der Waals surface area contributed by atoms with Crippen molar-refractivity contribution in [3.8, 4) is 5.75 Å². The molecule has 1 aromatic rings. The molecule has 0 radical (unpaired) electrons. The van der Waals surface area contributed by atoms with Crippen molar-refractivity contribution in [3.05, 3.63) is 24.3 Å². The molecule has 1 rings (SSSR count).